The Morgan fingerprint density at radius 1 is 1.29 bits per heavy atom. The van der Waals surface area contributed by atoms with Crippen molar-refractivity contribution < 1.29 is 4.79 Å². The largest absolute Gasteiger partial charge is 0.339 e. The highest BCUT2D eigenvalue weighted by Crippen LogP contribution is 2.12. The van der Waals surface area contributed by atoms with Crippen LogP contribution in [0.25, 0.3) is 10.9 Å². The van der Waals surface area contributed by atoms with Crippen molar-refractivity contribution in [2.75, 3.05) is 13.1 Å². The van der Waals surface area contributed by atoms with Crippen molar-refractivity contribution in [2.45, 2.75) is 26.7 Å². The quantitative estimate of drug-likeness (QED) is 0.835. The van der Waals surface area contributed by atoms with Gasteiger partial charge in [-0.1, -0.05) is 13.3 Å². The normalized spacial score (nSPS) is 10.8. The van der Waals surface area contributed by atoms with Crippen molar-refractivity contribution in [2.24, 2.45) is 0 Å². The van der Waals surface area contributed by atoms with Gasteiger partial charge in [0.25, 0.3) is 11.5 Å². The Morgan fingerprint density at radius 2 is 2.05 bits per heavy atom. The molecule has 2 N–H and O–H groups in total. The van der Waals surface area contributed by atoms with Crippen molar-refractivity contribution in [3.63, 3.8) is 0 Å². The number of carbonyl (C=O) groups excluding carboxylic acids is 1. The molecule has 1 heterocycles. The number of benzene rings is 1. The van der Waals surface area contributed by atoms with E-state index in [-0.39, 0.29) is 16.2 Å². The lowest BCUT2D eigenvalue weighted by atomic mass is 10.1. The maximum absolute atomic E-state index is 12.5. The Hall–Kier alpha value is -1.95. The zero-order valence-corrected chi connectivity index (χ0v) is 13.0. The third-order valence-corrected chi connectivity index (χ3v) is 3.64. The van der Waals surface area contributed by atoms with Crippen molar-refractivity contribution in [1.82, 2.24) is 14.9 Å². The molecule has 6 heteroatoms. The minimum absolute atomic E-state index is 0.0209. The number of rotatable bonds is 5. The van der Waals surface area contributed by atoms with Gasteiger partial charge in [-0.15, -0.1) is 0 Å². The molecule has 0 radical (unpaired) electrons. The summed E-state index contributed by atoms with van der Waals surface area (Å²) >= 11 is 4.96. The lowest BCUT2D eigenvalue weighted by Gasteiger charge is -2.20. The van der Waals surface area contributed by atoms with Crippen LogP contribution in [0.5, 0.6) is 0 Å². The fourth-order valence-electron chi connectivity index (χ4n) is 2.24. The van der Waals surface area contributed by atoms with Crippen LogP contribution in [0.4, 0.5) is 0 Å². The lowest BCUT2D eigenvalue weighted by molar-refractivity contribution is 0.0762. The number of carbonyl (C=O) groups is 1. The van der Waals surface area contributed by atoms with Crippen LogP contribution in [0, 0.1) is 4.77 Å². The summed E-state index contributed by atoms with van der Waals surface area (Å²) in [5.41, 5.74) is 0.906. The highest BCUT2D eigenvalue weighted by Gasteiger charge is 2.14. The van der Waals surface area contributed by atoms with Gasteiger partial charge in [0.15, 0.2) is 4.77 Å². The number of amides is 1. The van der Waals surface area contributed by atoms with E-state index in [1.165, 1.54) is 0 Å². The molecule has 21 heavy (non-hydrogen) atoms. The van der Waals surface area contributed by atoms with Gasteiger partial charge in [0.05, 0.1) is 10.9 Å². The topological polar surface area (TPSA) is 69.0 Å². The molecule has 0 saturated carbocycles. The number of nitrogens with one attached hydrogen (secondary N) is 2. The van der Waals surface area contributed by atoms with Crippen molar-refractivity contribution in [1.29, 1.82) is 0 Å². The Balaban J connectivity index is 2.40. The monoisotopic (exact) mass is 305 g/mol. The summed E-state index contributed by atoms with van der Waals surface area (Å²) in [4.78, 5) is 31.5. The third kappa shape index (κ3) is 3.39. The maximum Gasteiger partial charge on any atom is 0.259 e. The standard InChI is InChI=1S/C15H19N3O2S/c1-3-5-8-18(4-2)14(20)10-6-7-11-12(9-10)16-15(21)17-13(11)19/h6-7,9H,3-5,8H2,1-2H3,(H2,16,17,19,21). The van der Waals surface area contributed by atoms with Gasteiger partial charge in [-0.2, -0.15) is 0 Å². The molecule has 112 valence electrons. The average Bonchev–Trinajstić information content (AvgIpc) is 2.47. The van der Waals surface area contributed by atoms with Gasteiger partial charge in [-0.05, 0) is 43.8 Å². The molecule has 1 aromatic carbocycles. The Labute approximate surface area is 128 Å². The van der Waals surface area contributed by atoms with Gasteiger partial charge in [-0.25, -0.2) is 0 Å². The summed E-state index contributed by atoms with van der Waals surface area (Å²) in [5, 5.41) is 0.497. The van der Waals surface area contributed by atoms with Crippen molar-refractivity contribution in [3.8, 4) is 0 Å². The van der Waals surface area contributed by atoms with E-state index in [4.69, 9.17) is 12.2 Å². The molecule has 0 spiro atoms. The molecule has 1 aromatic heterocycles. The van der Waals surface area contributed by atoms with Crippen LogP contribution < -0.4 is 5.56 Å². The summed E-state index contributed by atoms with van der Waals surface area (Å²) in [7, 11) is 0. The second kappa shape index (κ2) is 6.67. The summed E-state index contributed by atoms with van der Waals surface area (Å²) in [6.07, 6.45) is 2.03. The molecule has 1 amide bonds. The summed E-state index contributed by atoms with van der Waals surface area (Å²) < 4.78 is 0.260. The Morgan fingerprint density at radius 3 is 2.71 bits per heavy atom. The summed E-state index contributed by atoms with van der Waals surface area (Å²) in [5.74, 6) is -0.0209. The first-order valence-corrected chi connectivity index (χ1v) is 7.53. The fourth-order valence-corrected chi connectivity index (χ4v) is 2.44. The number of aromatic nitrogens is 2. The minimum atomic E-state index is -0.244. The third-order valence-electron chi connectivity index (χ3n) is 3.44. The van der Waals surface area contributed by atoms with E-state index >= 15 is 0 Å². The zero-order valence-electron chi connectivity index (χ0n) is 12.2. The number of H-pyrrole nitrogens is 2. The van der Waals surface area contributed by atoms with Crippen LogP contribution in [0.15, 0.2) is 23.0 Å². The molecule has 0 fully saturated rings. The predicted octanol–water partition coefficient (Wildman–Crippen LogP) is 2.85. The van der Waals surface area contributed by atoms with E-state index in [9.17, 15) is 9.59 Å². The minimum Gasteiger partial charge on any atom is -0.339 e. The second-order valence-corrected chi connectivity index (χ2v) is 5.32. The smallest absolute Gasteiger partial charge is 0.259 e. The molecule has 5 nitrogen and oxygen atoms in total. The molecule has 2 aromatic rings. The summed E-state index contributed by atoms with van der Waals surface area (Å²) in [6.45, 7) is 5.48. The maximum atomic E-state index is 12.5. The van der Waals surface area contributed by atoms with Gasteiger partial charge < -0.3 is 9.88 Å². The van der Waals surface area contributed by atoms with Crippen LogP contribution in [0.3, 0.4) is 0 Å². The van der Waals surface area contributed by atoms with Crippen LogP contribution >= 0.6 is 12.2 Å². The molecular weight excluding hydrogens is 286 g/mol. The first kappa shape index (κ1) is 15.4. The van der Waals surface area contributed by atoms with Crippen molar-refractivity contribution in [3.05, 3.63) is 38.9 Å². The molecule has 0 saturated heterocycles. The Bertz CT molecular complexity index is 763. The van der Waals surface area contributed by atoms with E-state index in [1.807, 2.05) is 11.8 Å². The first-order chi connectivity index (χ1) is 10.1. The predicted molar refractivity (Wildman–Crippen MR) is 86.2 cm³/mol. The van der Waals surface area contributed by atoms with Gasteiger partial charge in [-0.3, -0.25) is 14.6 Å². The van der Waals surface area contributed by atoms with Gasteiger partial charge >= 0.3 is 0 Å². The second-order valence-electron chi connectivity index (χ2n) is 4.91. The average molecular weight is 305 g/mol. The molecule has 0 atom stereocenters. The molecule has 0 aliphatic rings. The highest BCUT2D eigenvalue weighted by molar-refractivity contribution is 7.71. The van der Waals surface area contributed by atoms with Gasteiger partial charge in [0, 0.05) is 18.7 Å². The van der Waals surface area contributed by atoms with Crippen LogP contribution in [-0.2, 0) is 0 Å². The number of nitrogens with zero attached hydrogens (tertiary/aromatic N) is 1. The molecule has 0 aliphatic heterocycles. The van der Waals surface area contributed by atoms with Gasteiger partial charge in [0.2, 0.25) is 0 Å². The number of unbranched alkanes of at least 4 members (excludes halogenated alkanes) is 1. The fraction of sp³-hybridized carbons (Fsp3) is 0.400. The van der Waals surface area contributed by atoms with E-state index < -0.39 is 0 Å². The number of hydrogen-bond donors (Lipinski definition) is 2. The highest BCUT2D eigenvalue weighted by atomic mass is 32.1. The molecule has 0 unspecified atom stereocenters. The number of hydrogen-bond acceptors (Lipinski definition) is 3. The summed E-state index contributed by atoms with van der Waals surface area (Å²) in [6, 6.07) is 5.03. The first-order valence-electron chi connectivity index (χ1n) is 7.12. The van der Waals surface area contributed by atoms with E-state index in [0.717, 1.165) is 19.4 Å². The molecule has 0 aliphatic carbocycles. The van der Waals surface area contributed by atoms with Crippen molar-refractivity contribution >= 4 is 29.0 Å². The van der Waals surface area contributed by atoms with E-state index in [2.05, 4.69) is 16.9 Å². The number of fused-ring (bicyclic) bond motifs is 1. The van der Waals surface area contributed by atoms with Crippen LogP contribution in [0.1, 0.15) is 37.0 Å². The van der Waals surface area contributed by atoms with E-state index in [0.29, 0.717) is 23.0 Å². The lowest BCUT2D eigenvalue weighted by Crippen LogP contribution is -2.31. The van der Waals surface area contributed by atoms with Crippen LogP contribution in [-0.4, -0.2) is 33.9 Å². The number of aromatic amines is 2. The van der Waals surface area contributed by atoms with Gasteiger partial charge in [0.1, 0.15) is 0 Å². The van der Waals surface area contributed by atoms with E-state index in [1.54, 1.807) is 18.2 Å². The SMILES string of the molecule is CCCCN(CC)C(=O)c1ccc2c(=O)[nH]c(=S)[nH]c2c1. The van der Waals surface area contributed by atoms with Crippen LogP contribution in [0.2, 0.25) is 0 Å². The molecule has 0 bridgehead atoms. The Kier molecular flexibility index (Phi) is 4.90. The molecular formula is C15H19N3O2S. The molecule has 2 rings (SSSR count). The zero-order chi connectivity index (χ0) is 15.4.